The van der Waals surface area contributed by atoms with Crippen molar-refractivity contribution in [3.63, 3.8) is 0 Å². The van der Waals surface area contributed by atoms with Crippen LogP contribution in [0.25, 0.3) is 0 Å². The zero-order valence-corrected chi connectivity index (χ0v) is 9.01. The average Bonchev–Trinajstić information content (AvgIpc) is 2.21. The molecule has 0 aromatic carbocycles. The maximum atomic E-state index is 10.2. The predicted octanol–water partition coefficient (Wildman–Crippen LogP) is -4.12. The maximum absolute atomic E-state index is 10.2. The second-order valence-corrected chi connectivity index (χ2v) is 4.32. The van der Waals surface area contributed by atoms with E-state index in [-0.39, 0.29) is 29.6 Å². The second kappa shape index (κ2) is 8.92. The van der Waals surface area contributed by atoms with Gasteiger partial charge in [-0.3, -0.25) is 4.52 Å². The van der Waals surface area contributed by atoms with Gasteiger partial charge in [-0.15, -0.1) is 0 Å². The standard InChI is InChI=1S/C6H15O9P.Na.H/c7-1-3(8)5(10)6(11)4(9)2-15-16(12,13)14;;/h3-11H,1-2H2,(H2,12,13,14);;/t3-,4-,5-,6-;;/m1../s1. The molecule has 0 saturated carbocycles. The van der Waals surface area contributed by atoms with Crippen molar-refractivity contribution < 1.29 is 44.4 Å². The molecule has 0 fully saturated rings. The Bertz CT molecular complexity index is 246. The van der Waals surface area contributed by atoms with Gasteiger partial charge in [0.05, 0.1) is 13.2 Å². The molecule has 7 N–H and O–H groups in total. The Morgan fingerprint density at radius 2 is 1.41 bits per heavy atom. The summed E-state index contributed by atoms with van der Waals surface area (Å²) < 4.78 is 14.1. The molecule has 0 aromatic heterocycles. The van der Waals surface area contributed by atoms with Crippen LogP contribution >= 0.6 is 7.82 Å². The third-order valence-electron chi connectivity index (χ3n) is 1.74. The van der Waals surface area contributed by atoms with E-state index in [4.69, 9.17) is 30.2 Å². The van der Waals surface area contributed by atoms with Gasteiger partial charge in [-0.25, -0.2) is 4.57 Å². The van der Waals surface area contributed by atoms with E-state index < -0.39 is 45.5 Å². The Hall–Kier alpha value is 0.910. The van der Waals surface area contributed by atoms with E-state index in [1.54, 1.807) is 0 Å². The van der Waals surface area contributed by atoms with Crippen LogP contribution in [0.3, 0.4) is 0 Å². The zero-order chi connectivity index (χ0) is 12.9. The van der Waals surface area contributed by atoms with Crippen LogP contribution in [0.5, 0.6) is 0 Å². The summed E-state index contributed by atoms with van der Waals surface area (Å²) in [4.78, 5) is 16.6. The fourth-order valence-corrected chi connectivity index (χ4v) is 1.18. The van der Waals surface area contributed by atoms with Gasteiger partial charge in [0.25, 0.3) is 0 Å². The molecule has 0 aliphatic heterocycles. The number of phosphoric acid groups is 1. The first kappa shape index (κ1) is 20.2. The summed E-state index contributed by atoms with van der Waals surface area (Å²) in [7, 11) is -4.78. The van der Waals surface area contributed by atoms with Crippen LogP contribution in [0.15, 0.2) is 0 Å². The molecule has 4 atom stereocenters. The number of aliphatic hydroxyl groups is 5. The number of phosphoric ester groups is 1. The zero-order valence-electron chi connectivity index (χ0n) is 8.12. The molecule has 0 heterocycles. The van der Waals surface area contributed by atoms with Gasteiger partial charge in [-0.1, -0.05) is 0 Å². The quantitative estimate of drug-likeness (QED) is 0.181. The predicted molar refractivity (Wildman–Crippen MR) is 56.3 cm³/mol. The molecule has 0 amide bonds. The van der Waals surface area contributed by atoms with Gasteiger partial charge in [0, 0.05) is 0 Å². The van der Waals surface area contributed by atoms with Gasteiger partial charge in [0.1, 0.15) is 24.4 Å². The summed E-state index contributed by atoms with van der Waals surface area (Å²) in [5, 5.41) is 44.8. The van der Waals surface area contributed by atoms with E-state index in [2.05, 4.69) is 4.52 Å². The SMILES string of the molecule is O=P(O)(O)OC[C@@H](O)[C@@H](O)[C@H](O)[C@H](O)CO.[NaH]. The van der Waals surface area contributed by atoms with E-state index in [1.165, 1.54) is 0 Å². The van der Waals surface area contributed by atoms with Crippen molar-refractivity contribution in [2.45, 2.75) is 24.4 Å². The van der Waals surface area contributed by atoms with Gasteiger partial charge in [-0.2, -0.15) is 0 Å². The number of hydrogen-bond donors (Lipinski definition) is 7. The topological polar surface area (TPSA) is 168 Å². The molecule has 9 nitrogen and oxygen atoms in total. The first-order valence-corrected chi connectivity index (χ1v) is 5.75. The molecule has 0 rings (SSSR count). The van der Waals surface area contributed by atoms with E-state index in [0.29, 0.717) is 0 Å². The van der Waals surface area contributed by atoms with Crippen LogP contribution in [0.1, 0.15) is 0 Å². The van der Waals surface area contributed by atoms with E-state index in [9.17, 15) is 9.67 Å². The third-order valence-corrected chi connectivity index (χ3v) is 2.22. The molecule has 0 aliphatic carbocycles. The summed E-state index contributed by atoms with van der Waals surface area (Å²) in [6, 6.07) is 0. The molecule has 0 unspecified atom stereocenters. The summed E-state index contributed by atoms with van der Waals surface area (Å²) in [5.74, 6) is 0. The monoisotopic (exact) mass is 286 g/mol. The van der Waals surface area contributed by atoms with Crippen molar-refractivity contribution >= 4 is 37.4 Å². The van der Waals surface area contributed by atoms with Crippen LogP contribution in [0.2, 0.25) is 0 Å². The van der Waals surface area contributed by atoms with E-state index >= 15 is 0 Å². The van der Waals surface area contributed by atoms with Gasteiger partial charge in [0.2, 0.25) is 0 Å². The molecule has 0 spiro atoms. The fourth-order valence-electron chi connectivity index (χ4n) is 0.835. The van der Waals surface area contributed by atoms with Crippen molar-refractivity contribution in [1.29, 1.82) is 0 Å². The molecule has 17 heavy (non-hydrogen) atoms. The molecule has 0 saturated heterocycles. The Labute approximate surface area is 119 Å². The van der Waals surface area contributed by atoms with Crippen LogP contribution in [0.4, 0.5) is 0 Å². The van der Waals surface area contributed by atoms with Crippen LogP contribution in [-0.2, 0) is 9.09 Å². The summed E-state index contributed by atoms with van der Waals surface area (Å²) in [6.45, 7) is -1.77. The Balaban J connectivity index is 0. The van der Waals surface area contributed by atoms with E-state index in [1.807, 2.05) is 0 Å². The molecular formula is C6H16NaO9P. The average molecular weight is 286 g/mol. The van der Waals surface area contributed by atoms with Crippen molar-refractivity contribution in [3.8, 4) is 0 Å². The van der Waals surface area contributed by atoms with Crippen molar-refractivity contribution in [2.24, 2.45) is 0 Å². The van der Waals surface area contributed by atoms with Crippen LogP contribution < -0.4 is 0 Å². The Kier molecular flexibility index (Phi) is 10.6. The molecule has 11 heteroatoms. The van der Waals surface area contributed by atoms with Gasteiger partial charge in [-0.05, 0) is 0 Å². The van der Waals surface area contributed by atoms with Gasteiger partial charge in [0.15, 0.2) is 0 Å². The minimum atomic E-state index is -4.78. The second-order valence-electron chi connectivity index (χ2n) is 3.08. The van der Waals surface area contributed by atoms with Gasteiger partial charge < -0.3 is 35.3 Å². The molecule has 0 aliphatic rings. The first-order valence-electron chi connectivity index (χ1n) is 4.22. The Morgan fingerprint density at radius 1 is 1.00 bits per heavy atom. The van der Waals surface area contributed by atoms with E-state index in [0.717, 1.165) is 0 Å². The molecule has 0 bridgehead atoms. The van der Waals surface area contributed by atoms with Crippen LogP contribution in [0, 0.1) is 0 Å². The molecule has 0 aromatic rings. The summed E-state index contributed by atoms with van der Waals surface area (Å²) >= 11 is 0. The first-order chi connectivity index (χ1) is 7.19. The molecule has 0 radical (unpaired) electrons. The molecule has 100 valence electrons. The molecular weight excluding hydrogens is 270 g/mol. The minimum absolute atomic E-state index is 0. The fraction of sp³-hybridized carbons (Fsp3) is 1.00. The van der Waals surface area contributed by atoms with Gasteiger partial charge >= 0.3 is 37.4 Å². The number of aliphatic hydroxyl groups excluding tert-OH is 5. The Morgan fingerprint density at radius 3 is 1.76 bits per heavy atom. The summed E-state index contributed by atoms with van der Waals surface area (Å²) in [5.41, 5.74) is 0. The number of rotatable bonds is 7. The third kappa shape index (κ3) is 8.60. The van der Waals surface area contributed by atoms with Crippen molar-refractivity contribution in [3.05, 3.63) is 0 Å². The summed E-state index contributed by atoms with van der Waals surface area (Å²) in [6.07, 6.45) is -7.27. The van der Waals surface area contributed by atoms with Crippen molar-refractivity contribution in [2.75, 3.05) is 13.2 Å². The normalized spacial score (nSPS) is 19.0. The van der Waals surface area contributed by atoms with Crippen LogP contribution in [-0.4, -0.2) is 103 Å². The number of hydrogen-bond acceptors (Lipinski definition) is 7. The van der Waals surface area contributed by atoms with Crippen molar-refractivity contribution in [1.82, 2.24) is 0 Å².